The molecule has 0 bridgehead atoms. The number of nitrogens with one attached hydrogen (secondary N) is 1. The fourth-order valence-corrected chi connectivity index (χ4v) is 6.31. The van der Waals surface area contributed by atoms with Gasteiger partial charge < -0.3 is 19.7 Å². The van der Waals surface area contributed by atoms with Gasteiger partial charge in [-0.15, -0.1) is 0 Å². The van der Waals surface area contributed by atoms with Crippen LogP contribution in [0.2, 0.25) is 0 Å². The number of likely N-dealkylation sites (tertiary alicyclic amines) is 1. The Morgan fingerprint density at radius 1 is 1.03 bits per heavy atom. The maximum absolute atomic E-state index is 14.1. The predicted octanol–water partition coefficient (Wildman–Crippen LogP) is 7.29. The average Bonchev–Trinajstić information content (AvgIpc) is 3.32. The number of amides is 1. The van der Waals surface area contributed by atoms with Crippen LogP contribution in [0.15, 0.2) is 42.5 Å². The van der Waals surface area contributed by atoms with E-state index in [1.807, 2.05) is 24.3 Å². The quantitative estimate of drug-likeness (QED) is 0.340. The lowest BCUT2D eigenvalue weighted by Gasteiger charge is -2.36. The third-order valence-corrected chi connectivity index (χ3v) is 8.33. The number of alkyl halides is 3. The summed E-state index contributed by atoms with van der Waals surface area (Å²) in [6.07, 6.45) is 4.51. The van der Waals surface area contributed by atoms with Crippen LogP contribution in [0.5, 0.6) is 11.5 Å². The maximum atomic E-state index is 14.1. The van der Waals surface area contributed by atoms with E-state index >= 15 is 0 Å². The minimum Gasteiger partial charge on any atom is -0.496 e. The van der Waals surface area contributed by atoms with E-state index in [9.17, 15) is 18.0 Å². The second-order valence-corrected chi connectivity index (χ2v) is 10.8. The summed E-state index contributed by atoms with van der Waals surface area (Å²) in [5.74, 6) is 1.19. The van der Waals surface area contributed by atoms with E-state index in [1.165, 1.54) is 19.6 Å². The Labute approximate surface area is 230 Å². The summed E-state index contributed by atoms with van der Waals surface area (Å²) < 4.78 is 50.9. The molecule has 1 aliphatic heterocycles. The molecule has 2 aromatic rings. The Morgan fingerprint density at radius 3 is 2.41 bits per heavy atom. The minimum absolute atomic E-state index is 0.0360. The van der Waals surface area contributed by atoms with Crippen LogP contribution in [-0.4, -0.2) is 37.1 Å². The van der Waals surface area contributed by atoms with Crippen molar-refractivity contribution in [2.75, 3.05) is 14.2 Å². The van der Waals surface area contributed by atoms with Crippen LogP contribution in [0.1, 0.15) is 87.4 Å². The molecule has 3 unspecified atom stereocenters. The number of rotatable bonds is 10. The van der Waals surface area contributed by atoms with Crippen molar-refractivity contribution in [2.24, 2.45) is 5.92 Å². The van der Waals surface area contributed by atoms with Gasteiger partial charge in [-0.1, -0.05) is 63.3 Å². The van der Waals surface area contributed by atoms with Gasteiger partial charge in [-0.2, -0.15) is 13.2 Å². The number of carbonyl (C=O) groups excluding carboxylic acids is 1. The molecule has 1 heterocycles. The molecule has 2 aromatic carbocycles. The highest BCUT2D eigenvalue weighted by atomic mass is 19.4. The molecule has 5 nitrogen and oxygen atoms in total. The van der Waals surface area contributed by atoms with Crippen molar-refractivity contribution in [3.05, 3.63) is 59.2 Å². The Balaban J connectivity index is 1.67. The lowest BCUT2D eigenvalue weighted by Crippen LogP contribution is -2.44. The zero-order valence-corrected chi connectivity index (χ0v) is 23.2. The first-order valence-electron chi connectivity index (χ1n) is 14.2. The number of hydrogen-bond donors (Lipinski definition) is 1. The normalized spacial score (nSPS) is 22.2. The molecule has 1 aliphatic carbocycles. The Kier molecular flexibility index (Phi) is 9.81. The number of methoxy groups -OCH3 is 2. The third kappa shape index (κ3) is 6.71. The lowest BCUT2D eigenvalue weighted by atomic mass is 9.87. The van der Waals surface area contributed by atoms with Crippen molar-refractivity contribution in [3.8, 4) is 11.5 Å². The zero-order chi connectivity index (χ0) is 28.0. The van der Waals surface area contributed by atoms with Crippen LogP contribution in [-0.2, 0) is 17.5 Å². The first-order valence-corrected chi connectivity index (χ1v) is 14.2. The number of para-hydroxylation sites is 1. The monoisotopic (exact) mass is 546 g/mol. The van der Waals surface area contributed by atoms with Crippen molar-refractivity contribution in [1.82, 2.24) is 10.2 Å². The van der Waals surface area contributed by atoms with Crippen LogP contribution >= 0.6 is 0 Å². The number of ether oxygens (including phenoxy) is 2. The van der Waals surface area contributed by atoms with Crippen molar-refractivity contribution >= 4 is 5.91 Å². The summed E-state index contributed by atoms with van der Waals surface area (Å²) in [7, 11) is 3.03. The highest BCUT2D eigenvalue weighted by Crippen LogP contribution is 2.44. The highest BCUT2D eigenvalue weighted by Gasteiger charge is 2.46. The van der Waals surface area contributed by atoms with Crippen LogP contribution in [0, 0.1) is 5.92 Å². The van der Waals surface area contributed by atoms with E-state index in [0.717, 1.165) is 74.8 Å². The van der Waals surface area contributed by atoms with Crippen molar-refractivity contribution in [2.45, 2.75) is 95.6 Å². The summed E-state index contributed by atoms with van der Waals surface area (Å²) in [6, 6.07) is 11.2. The smallest absolute Gasteiger partial charge is 0.416 e. The largest absolute Gasteiger partial charge is 0.496 e. The molecule has 0 radical (unpaired) electrons. The molecule has 1 saturated heterocycles. The van der Waals surface area contributed by atoms with E-state index in [0.29, 0.717) is 12.1 Å². The first-order chi connectivity index (χ1) is 18.8. The summed E-state index contributed by atoms with van der Waals surface area (Å²) in [4.78, 5) is 16.3. The topological polar surface area (TPSA) is 50.8 Å². The van der Waals surface area contributed by atoms with Gasteiger partial charge in [0.2, 0.25) is 5.91 Å². The number of unbranched alkanes of at least 4 members (excludes halogenated alkanes) is 1. The molecule has 8 heteroatoms. The second kappa shape index (κ2) is 13.1. The van der Waals surface area contributed by atoms with E-state index in [2.05, 4.69) is 17.1 Å². The number of nitrogens with zero attached hydrogens (tertiary/aromatic N) is 1. The lowest BCUT2D eigenvalue weighted by molar-refractivity contribution is -0.140. The predicted molar refractivity (Wildman–Crippen MR) is 146 cm³/mol. The summed E-state index contributed by atoms with van der Waals surface area (Å²) in [6.45, 7) is 2.48. The SMILES string of the molecule is CCCCC1CC(NCc2ccc(C(F)(F)F)cc2OC)C(c2ccccc2OC)N1C(=O)C1CCCCC1. The minimum atomic E-state index is -4.44. The molecular formula is C31H41F3N2O3. The Hall–Kier alpha value is -2.74. The fourth-order valence-electron chi connectivity index (χ4n) is 6.31. The number of carbonyl (C=O) groups is 1. The van der Waals surface area contributed by atoms with Crippen LogP contribution in [0.25, 0.3) is 0 Å². The highest BCUT2D eigenvalue weighted by molar-refractivity contribution is 5.80. The van der Waals surface area contributed by atoms with Gasteiger partial charge in [0, 0.05) is 35.7 Å². The molecule has 1 N–H and O–H groups in total. The van der Waals surface area contributed by atoms with Gasteiger partial charge >= 0.3 is 6.18 Å². The Bertz CT molecular complexity index is 1100. The Morgan fingerprint density at radius 2 is 1.74 bits per heavy atom. The standard InChI is InChI=1S/C31H41F3N2O3/c1-4-5-13-24-19-26(35-20-22-16-17-23(31(32,33)34)18-28(22)39-3)29(25-14-9-10-15-27(25)38-2)36(24)30(37)21-11-7-6-8-12-21/h9-10,14-18,21,24,26,29,35H,4-8,11-13,19-20H2,1-3H3. The van der Waals surface area contributed by atoms with E-state index in [1.54, 1.807) is 7.11 Å². The van der Waals surface area contributed by atoms with E-state index in [4.69, 9.17) is 9.47 Å². The third-order valence-electron chi connectivity index (χ3n) is 8.33. The zero-order valence-electron chi connectivity index (χ0n) is 23.2. The van der Waals surface area contributed by atoms with E-state index < -0.39 is 11.7 Å². The molecule has 1 amide bonds. The summed E-state index contributed by atoms with van der Waals surface area (Å²) in [5, 5.41) is 3.61. The van der Waals surface area contributed by atoms with Gasteiger partial charge in [0.25, 0.3) is 0 Å². The molecule has 2 fully saturated rings. The van der Waals surface area contributed by atoms with Crippen LogP contribution in [0.4, 0.5) is 13.2 Å². The molecule has 39 heavy (non-hydrogen) atoms. The maximum Gasteiger partial charge on any atom is 0.416 e. The van der Waals surface area contributed by atoms with Crippen molar-refractivity contribution in [3.63, 3.8) is 0 Å². The summed E-state index contributed by atoms with van der Waals surface area (Å²) >= 11 is 0. The first kappa shape index (κ1) is 29.2. The molecule has 0 spiro atoms. The molecule has 1 saturated carbocycles. The van der Waals surface area contributed by atoms with Crippen molar-refractivity contribution < 1.29 is 27.4 Å². The van der Waals surface area contributed by atoms with Gasteiger partial charge in [0.1, 0.15) is 11.5 Å². The number of hydrogen-bond acceptors (Lipinski definition) is 4. The molecule has 0 aromatic heterocycles. The molecule has 2 aliphatic rings. The second-order valence-electron chi connectivity index (χ2n) is 10.8. The van der Waals surface area contributed by atoms with Gasteiger partial charge in [-0.05, 0) is 43.9 Å². The molecule has 3 atom stereocenters. The number of halogens is 3. The number of benzene rings is 2. The van der Waals surface area contributed by atoms with E-state index in [-0.39, 0.29) is 35.7 Å². The van der Waals surface area contributed by atoms with Crippen LogP contribution in [0.3, 0.4) is 0 Å². The van der Waals surface area contributed by atoms with Crippen molar-refractivity contribution in [1.29, 1.82) is 0 Å². The van der Waals surface area contributed by atoms with Gasteiger partial charge in [-0.25, -0.2) is 0 Å². The van der Waals surface area contributed by atoms with Gasteiger partial charge in [0.05, 0.1) is 25.8 Å². The molecular weight excluding hydrogens is 505 g/mol. The van der Waals surface area contributed by atoms with Gasteiger partial charge in [-0.3, -0.25) is 4.79 Å². The summed E-state index contributed by atoms with van der Waals surface area (Å²) in [5.41, 5.74) is 0.867. The average molecular weight is 547 g/mol. The van der Waals surface area contributed by atoms with Gasteiger partial charge in [0.15, 0.2) is 0 Å². The fraction of sp³-hybridized carbons (Fsp3) is 0.581. The van der Waals surface area contributed by atoms with Crippen LogP contribution < -0.4 is 14.8 Å². The molecule has 4 rings (SSSR count). The molecule has 214 valence electrons.